The van der Waals surface area contributed by atoms with Gasteiger partial charge in [-0.3, -0.25) is 9.59 Å². The Morgan fingerprint density at radius 2 is 1.90 bits per heavy atom. The van der Waals surface area contributed by atoms with Gasteiger partial charge in [-0.2, -0.15) is 5.26 Å². The second kappa shape index (κ2) is 4.17. The van der Waals surface area contributed by atoms with Gasteiger partial charge >= 0.3 is 5.97 Å². The summed E-state index contributed by atoms with van der Waals surface area (Å²) in [6.45, 7) is 5.21. The number of carbonyl (C=O) groups excluding carboxylic acids is 2. The smallest absolute Gasteiger partial charge is 0.324 e. The van der Waals surface area contributed by atoms with Crippen molar-refractivity contribution in [3.63, 3.8) is 0 Å². The summed E-state index contributed by atoms with van der Waals surface area (Å²) in [5.41, 5.74) is -0.586. The Kier molecular flexibility index (Phi) is 2.75. The van der Waals surface area contributed by atoms with Crippen LogP contribution in [-0.2, 0) is 14.3 Å². The van der Waals surface area contributed by atoms with E-state index in [-0.39, 0.29) is 17.6 Å². The SMILES string of the molecule is CC(=O)[C@H]1[C@H](c2ccccc2)[C@@]2(C)OC(=O)[C@@H](C#N)[C@]12C. The lowest BCUT2D eigenvalue weighted by Crippen LogP contribution is -2.67. The molecule has 0 bridgehead atoms. The fourth-order valence-electron chi connectivity index (χ4n) is 4.38. The second-order valence-corrected chi connectivity index (χ2v) is 6.35. The van der Waals surface area contributed by atoms with Gasteiger partial charge in [0.2, 0.25) is 0 Å². The van der Waals surface area contributed by atoms with Crippen molar-refractivity contribution < 1.29 is 14.3 Å². The van der Waals surface area contributed by atoms with Gasteiger partial charge in [-0.25, -0.2) is 0 Å². The van der Waals surface area contributed by atoms with Crippen LogP contribution >= 0.6 is 0 Å². The van der Waals surface area contributed by atoms with Gasteiger partial charge in [0.1, 0.15) is 11.4 Å². The second-order valence-electron chi connectivity index (χ2n) is 6.35. The third-order valence-corrected chi connectivity index (χ3v) is 5.52. The van der Waals surface area contributed by atoms with Crippen molar-refractivity contribution >= 4 is 11.8 Å². The van der Waals surface area contributed by atoms with Crippen LogP contribution in [0.25, 0.3) is 0 Å². The van der Waals surface area contributed by atoms with Crippen LogP contribution < -0.4 is 0 Å². The fraction of sp³-hybridized carbons (Fsp3) is 0.471. The predicted octanol–water partition coefficient (Wildman–Crippen LogP) is 2.45. The van der Waals surface area contributed by atoms with E-state index in [4.69, 9.17) is 4.74 Å². The summed E-state index contributed by atoms with van der Waals surface area (Å²) in [5.74, 6) is -1.95. The molecule has 0 N–H and O–H groups in total. The van der Waals surface area contributed by atoms with Crippen LogP contribution in [0.4, 0.5) is 0 Å². The lowest BCUT2D eigenvalue weighted by atomic mass is 9.40. The largest absolute Gasteiger partial charge is 0.457 e. The van der Waals surface area contributed by atoms with Crippen LogP contribution in [0.15, 0.2) is 30.3 Å². The molecular formula is C17H17NO3. The van der Waals surface area contributed by atoms with E-state index in [0.717, 1.165) is 5.56 Å². The maximum Gasteiger partial charge on any atom is 0.324 e. The molecule has 108 valence electrons. The lowest BCUT2D eigenvalue weighted by molar-refractivity contribution is -0.196. The minimum Gasteiger partial charge on any atom is -0.457 e. The molecule has 0 aromatic heterocycles. The molecule has 4 nitrogen and oxygen atoms in total. The van der Waals surface area contributed by atoms with E-state index in [1.807, 2.05) is 50.2 Å². The number of benzene rings is 1. The summed E-state index contributed by atoms with van der Waals surface area (Å²) in [5, 5.41) is 9.33. The third kappa shape index (κ3) is 1.44. The number of nitriles is 1. The van der Waals surface area contributed by atoms with Gasteiger partial charge in [-0.1, -0.05) is 37.3 Å². The number of fused-ring (bicyclic) bond motifs is 1. The molecule has 0 radical (unpaired) electrons. The van der Waals surface area contributed by atoms with Crippen molar-refractivity contribution in [2.45, 2.75) is 32.3 Å². The van der Waals surface area contributed by atoms with E-state index in [1.54, 1.807) is 0 Å². The number of nitrogens with zero attached hydrogens (tertiary/aromatic N) is 1. The highest BCUT2D eigenvalue weighted by molar-refractivity contribution is 5.89. The van der Waals surface area contributed by atoms with E-state index in [9.17, 15) is 14.9 Å². The zero-order valence-corrected chi connectivity index (χ0v) is 12.3. The van der Waals surface area contributed by atoms with Crippen molar-refractivity contribution in [1.82, 2.24) is 0 Å². The average Bonchev–Trinajstić information content (AvgIpc) is 2.59. The van der Waals surface area contributed by atoms with Gasteiger partial charge in [-0.15, -0.1) is 0 Å². The van der Waals surface area contributed by atoms with Crippen LogP contribution in [-0.4, -0.2) is 17.4 Å². The molecule has 2 aliphatic rings. The minimum absolute atomic E-state index is 0.00220. The maximum absolute atomic E-state index is 12.2. The Labute approximate surface area is 123 Å². The molecule has 21 heavy (non-hydrogen) atoms. The number of ketones is 1. The molecule has 1 aliphatic heterocycles. The number of ether oxygens (including phenoxy) is 1. The van der Waals surface area contributed by atoms with Gasteiger partial charge in [0, 0.05) is 17.3 Å². The zero-order valence-electron chi connectivity index (χ0n) is 12.3. The maximum atomic E-state index is 12.2. The van der Waals surface area contributed by atoms with E-state index in [0.29, 0.717) is 0 Å². The van der Waals surface area contributed by atoms with Crippen LogP contribution in [0.5, 0.6) is 0 Å². The van der Waals surface area contributed by atoms with Crippen LogP contribution in [0.1, 0.15) is 32.3 Å². The number of hydrogen-bond acceptors (Lipinski definition) is 4. The first-order valence-electron chi connectivity index (χ1n) is 7.05. The molecule has 3 rings (SSSR count). The van der Waals surface area contributed by atoms with Crippen LogP contribution in [0.2, 0.25) is 0 Å². The van der Waals surface area contributed by atoms with E-state index < -0.39 is 22.9 Å². The van der Waals surface area contributed by atoms with Crippen molar-refractivity contribution in [2.24, 2.45) is 17.3 Å². The Balaban J connectivity index is 2.15. The summed E-state index contributed by atoms with van der Waals surface area (Å²) in [6, 6.07) is 11.6. The Hall–Kier alpha value is -2.15. The molecular weight excluding hydrogens is 266 g/mol. The highest BCUT2D eigenvalue weighted by atomic mass is 16.6. The van der Waals surface area contributed by atoms with E-state index in [1.165, 1.54) is 6.92 Å². The molecule has 4 heteroatoms. The quantitative estimate of drug-likeness (QED) is 0.782. The average molecular weight is 283 g/mol. The molecule has 1 aromatic carbocycles. The van der Waals surface area contributed by atoms with Gasteiger partial charge < -0.3 is 4.74 Å². The lowest BCUT2D eigenvalue weighted by Gasteiger charge is -2.61. The number of rotatable bonds is 2. The molecule has 2 fully saturated rings. The normalized spacial score (nSPS) is 40.7. The van der Waals surface area contributed by atoms with Gasteiger partial charge in [0.05, 0.1) is 6.07 Å². The zero-order chi connectivity index (χ0) is 15.4. The monoisotopic (exact) mass is 283 g/mol. The predicted molar refractivity (Wildman–Crippen MR) is 75.1 cm³/mol. The molecule has 1 saturated heterocycles. The first-order valence-corrected chi connectivity index (χ1v) is 7.05. The molecule has 0 unspecified atom stereocenters. The highest BCUT2D eigenvalue weighted by Crippen LogP contribution is 2.71. The summed E-state index contributed by atoms with van der Waals surface area (Å²) in [7, 11) is 0. The highest BCUT2D eigenvalue weighted by Gasteiger charge is 2.79. The molecule has 1 heterocycles. The number of Topliss-reactive ketones (excluding diaryl/α,β-unsaturated/α-hetero) is 1. The topological polar surface area (TPSA) is 67.2 Å². The number of hydrogen-bond donors (Lipinski definition) is 0. The van der Waals surface area contributed by atoms with Gasteiger partial charge in [0.25, 0.3) is 0 Å². The van der Waals surface area contributed by atoms with Gasteiger partial charge in [0.15, 0.2) is 5.92 Å². The van der Waals surface area contributed by atoms with Crippen molar-refractivity contribution in [2.75, 3.05) is 0 Å². The van der Waals surface area contributed by atoms with Crippen molar-refractivity contribution in [1.29, 1.82) is 5.26 Å². The standard InChI is InChI=1S/C17H17NO3/c1-10(19)13-14(11-7-5-4-6-8-11)17(3)16(13,2)12(9-18)15(20)21-17/h4-8,12-14H,1-3H3/t12-,13+,14+,16-,17-/m1/s1. The minimum atomic E-state index is -0.878. The Morgan fingerprint density at radius 3 is 2.43 bits per heavy atom. The van der Waals surface area contributed by atoms with Crippen LogP contribution in [0.3, 0.4) is 0 Å². The van der Waals surface area contributed by atoms with Crippen LogP contribution in [0, 0.1) is 28.6 Å². The van der Waals surface area contributed by atoms with E-state index in [2.05, 4.69) is 0 Å². The number of carbonyl (C=O) groups is 2. The summed E-state index contributed by atoms with van der Waals surface area (Å²) >= 11 is 0. The first kappa shape index (κ1) is 13.8. The summed E-state index contributed by atoms with van der Waals surface area (Å²) in [4.78, 5) is 24.3. The molecule has 1 aliphatic carbocycles. The Morgan fingerprint density at radius 1 is 1.29 bits per heavy atom. The third-order valence-electron chi connectivity index (χ3n) is 5.52. The molecule has 1 saturated carbocycles. The Bertz CT molecular complexity index is 662. The fourth-order valence-corrected chi connectivity index (χ4v) is 4.38. The molecule has 0 spiro atoms. The molecule has 0 amide bonds. The van der Waals surface area contributed by atoms with Gasteiger partial charge in [-0.05, 0) is 19.4 Å². The van der Waals surface area contributed by atoms with Crippen molar-refractivity contribution in [3.8, 4) is 6.07 Å². The molecule has 1 aromatic rings. The number of esters is 1. The molecule has 5 atom stereocenters. The van der Waals surface area contributed by atoms with Crippen molar-refractivity contribution in [3.05, 3.63) is 35.9 Å². The summed E-state index contributed by atoms with van der Waals surface area (Å²) < 4.78 is 5.59. The first-order chi connectivity index (χ1) is 9.88. The van der Waals surface area contributed by atoms with E-state index >= 15 is 0 Å². The summed E-state index contributed by atoms with van der Waals surface area (Å²) in [6.07, 6.45) is 0.